The maximum atomic E-state index is 5.80. The summed E-state index contributed by atoms with van der Waals surface area (Å²) in [6.45, 7) is 4.90. The van der Waals surface area contributed by atoms with Gasteiger partial charge in [0.1, 0.15) is 6.23 Å². The van der Waals surface area contributed by atoms with Crippen LogP contribution in [0.25, 0.3) is 0 Å². The Kier molecular flexibility index (Phi) is 4.63. The van der Waals surface area contributed by atoms with Crippen molar-refractivity contribution in [2.45, 2.75) is 33.1 Å². The predicted octanol–water partition coefficient (Wildman–Crippen LogP) is 2.53. The van der Waals surface area contributed by atoms with Crippen LogP contribution in [0.15, 0.2) is 30.3 Å². The van der Waals surface area contributed by atoms with Gasteiger partial charge in [0.2, 0.25) is 0 Å². The highest BCUT2D eigenvalue weighted by Gasteiger charge is 2.05. The average molecular weight is 193 g/mol. The van der Waals surface area contributed by atoms with E-state index >= 15 is 0 Å². The Labute approximate surface area is 86.1 Å². The van der Waals surface area contributed by atoms with Gasteiger partial charge in [0.15, 0.2) is 0 Å². The molecule has 1 aromatic carbocycles. The van der Waals surface area contributed by atoms with E-state index in [-0.39, 0.29) is 6.23 Å². The van der Waals surface area contributed by atoms with Crippen molar-refractivity contribution in [2.24, 2.45) is 11.7 Å². The van der Waals surface area contributed by atoms with Gasteiger partial charge in [0, 0.05) is 0 Å². The third kappa shape index (κ3) is 4.40. The molecule has 0 heterocycles. The van der Waals surface area contributed by atoms with Gasteiger partial charge in [-0.2, -0.15) is 0 Å². The summed E-state index contributed by atoms with van der Waals surface area (Å²) in [5.74, 6) is 0.584. The molecule has 78 valence electrons. The third-order valence-electron chi connectivity index (χ3n) is 2.01. The quantitative estimate of drug-likeness (QED) is 0.729. The molecule has 0 aliphatic carbocycles. The number of benzene rings is 1. The summed E-state index contributed by atoms with van der Waals surface area (Å²) >= 11 is 0. The van der Waals surface area contributed by atoms with Crippen LogP contribution in [0.3, 0.4) is 0 Å². The maximum absolute atomic E-state index is 5.80. The van der Waals surface area contributed by atoms with Gasteiger partial charge in [-0.25, -0.2) is 0 Å². The van der Waals surface area contributed by atoms with Gasteiger partial charge in [0.05, 0.1) is 6.61 Å². The summed E-state index contributed by atoms with van der Waals surface area (Å²) in [4.78, 5) is 0. The van der Waals surface area contributed by atoms with Crippen molar-refractivity contribution in [3.8, 4) is 0 Å². The summed E-state index contributed by atoms with van der Waals surface area (Å²) in [6, 6.07) is 10.1. The van der Waals surface area contributed by atoms with Crippen molar-refractivity contribution in [2.75, 3.05) is 0 Å². The smallest absolute Gasteiger partial charge is 0.106 e. The van der Waals surface area contributed by atoms with Crippen molar-refractivity contribution >= 4 is 0 Å². The molecular formula is C12H19NO. The minimum atomic E-state index is -0.143. The lowest BCUT2D eigenvalue weighted by Gasteiger charge is -2.14. The van der Waals surface area contributed by atoms with E-state index in [9.17, 15) is 0 Å². The lowest BCUT2D eigenvalue weighted by molar-refractivity contribution is 0.0315. The second-order valence-corrected chi connectivity index (χ2v) is 3.96. The van der Waals surface area contributed by atoms with E-state index < -0.39 is 0 Å². The Morgan fingerprint density at radius 3 is 2.43 bits per heavy atom. The van der Waals surface area contributed by atoms with Crippen molar-refractivity contribution in [1.29, 1.82) is 0 Å². The monoisotopic (exact) mass is 193 g/mol. The molecule has 0 bridgehead atoms. The first-order valence-corrected chi connectivity index (χ1v) is 5.09. The number of ether oxygens (including phenoxy) is 1. The van der Waals surface area contributed by atoms with Gasteiger partial charge in [-0.1, -0.05) is 44.2 Å². The van der Waals surface area contributed by atoms with Crippen LogP contribution in [0, 0.1) is 5.92 Å². The molecule has 0 saturated carbocycles. The summed E-state index contributed by atoms with van der Waals surface area (Å²) in [6.07, 6.45) is 0.766. The fourth-order valence-corrected chi connectivity index (χ4v) is 1.31. The van der Waals surface area contributed by atoms with E-state index in [1.807, 2.05) is 30.3 Å². The number of hydrogen-bond acceptors (Lipinski definition) is 2. The minimum absolute atomic E-state index is 0.143. The van der Waals surface area contributed by atoms with Crippen LogP contribution < -0.4 is 5.73 Å². The first-order valence-electron chi connectivity index (χ1n) is 5.09. The molecule has 1 aromatic rings. The first-order chi connectivity index (χ1) is 6.68. The van der Waals surface area contributed by atoms with Crippen LogP contribution in [-0.2, 0) is 11.3 Å². The van der Waals surface area contributed by atoms with Gasteiger partial charge in [-0.15, -0.1) is 0 Å². The van der Waals surface area contributed by atoms with Crippen LogP contribution in [0.5, 0.6) is 0 Å². The normalized spacial score (nSPS) is 13.1. The molecule has 0 fully saturated rings. The highest BCUT2D eigenvalue weighted by Crippen LogP contribution is 2.07. The Bertz CT molecular complexity index is 246. The van der Waals surface area contributed by atoms with Gasteiger partial charge < -0.3 is 10.5 Å². The summed E-state index contributed by atoms with van der Waals surface area (Å²) in [7, 11) is 0. The van der Waals surface area contributed by atoms with Crippen molar-refractivity contribution in [3.05, 3.63) is 35.9 Å². The largest absolute Gasteiger partial charge is 0.359 e. The molecule has 14 heavy (non-hydrogen) atoms. The summed E-state index contributed by atoms with van der Waals surface area (Å²) < 4.78 is 5.52. The molecule has 0 spiro atoms. The molecule has 0 aliphatic heterocycles. The predicted molar refractivity (Wildman–Crippen MR) is 58.7 cm³/mol. The molecule has 2 heteroatoms. The lowest BCUT2D eigenvalue weighted by atomic mass is 10.1. The third-order valence-corrected chi connectivity index (χ3v) is 2.01. The lowest BCUT2D eigenvalue weighted by Crippen LogP contribution is -2.25. The molecule has 0 amide bonds. The van der Waals surface area contributed by atoms with Crippen LogP contribution in [0.2, 0.25) is 0 Å². The number of nitrogens with two attached hydrogens (primary N) is 1. The van der Waals surface area contributed by atoms with Gasteiger partial charge >= 0.3 is 0 Å². The van der Waals surface area contributed by atoms with Crippen LogP contribution >= 0.6 is 0 Å². The molecule has 2 N–H and O–H groups in total. The highest BCUT2D eigenvalue weighted by atomic mass is 16.5. The van der Waals surface area contributed by atoms with E-state index in [4.69, 9.17) is 10.5 Å². The van der Waals surface area contributed by atoms with Crippen LogP contribution in [0.1, 0.15) is 25.8 Å². The standard InChI is InChI=1S/C12H19NO/c1-10(2)8-12(13)14-9-11-6-4-3-5-7-11/h3-7,10,12H,8-9,13H2,1-2H3/t12-/m0/s1. The Balaban J connectivity index is 2.27. The molecule has 1 atom stereocenters. The van der Waals surface area contributed by atoms with Crippen molar-refractivity contribution in [3.63, 3.8) is 0 Å². The van der Waals surface area contributed by atoms with E-state index in [1.54, 1.807) is 0 Å². The molecule has 0 aromatic heterocycles. The van der Waals surface area contributed by atoms with Gasteiger partial charge in [-0.05, 0) is 17.9 Å². The zero-order valence-corrected chi connectivity index (χ0v) is 8.94. The van der Waals surface area contributed by atoms with E-state index in [0.717, 1.165) is 6.42 Å². The Morgan fingerprint density at radius 1 is 1.21 bits per heavy atom. The molecule has 0 radical (unpaired) electrons. The van der Waals surface area contributed by atoms with Crippen LogP contribution in [-0.4, -0.2) is 6.23 Å². The molecule has 2 nitrogen and oxygen atoms in total. The zero-order chi connectivity index (χ0) is 10.4. The second kappa shape index (κ2) is 5.78. The topological polar surface area (TPSA) is 35.2 Å². The average Bonchev–Trinajstić information content (AvgIpc) is 2.15. The van der Waals surface area contributed by atoms with Gasteiger partial charge in [0.25, 0.3) is 0 Å². The highest BCUT2D eigenvalue weighted by molar-refractivity contribution is 5.13. The van der Waals surface area contributed by atoms with E-state index in [0.29, 0.717) is 12.5 Å². The van der Waals surface area contributed by atoms with Gasteiger partial charge in [-0.3, -0.25) is 0 Å². The number of rotatable bonds is 5. The second-order valence-electron chi connectivity index (χ2n) is 3.96. The maximum Gasteiger partial charge on any atom is 0.106 e. The molecule has 0 aliphatic rings. The zero-order valence-electron chi connectivity index (χ0n) is 8.94. The van der Waals surface area contributed by atoms with Crippen molar-refractivity contribution in [1.82, 2.24) is 0 Å². The van der Waals surface area contributed by atoms with Crippen LogP contribution in [0.4, 0.5) is 0 Å². The Hall–Kier alpha value is -0.860. The number of hydrogen-bond donors (Lipinski definition) is 1. The fraction of sp³-hybridized carbons (Fsp3) is 0.500. The minimum Gasteiger partial charge on any atom is -0.359 e. The van der Waals surface area contributed by atoms with E-state index in [2.05, 4.69) is 13.8 Å². The fourth-order valence-electron chi connectivity index (χ4n) is 1.31. The molecule has 0 saturated heterocycles. The molecule has 1 rings (SSSR count). The summed E-state index contributed by atoms with van der Waals surface area (Å²) in [5.41, 5.74) is 6.97. The SMILES string of the molecule is CC(C)C[C@@H](N)OCc1ccccc1. The molecule has 0 unspecified atom stereocenters. The molecular weight excluding hydrogens is 174 g/mol. The first kappa shape index (κ1) is 11.2. The summed E-state index contributed by atoms with van der Waals surface area (Å²) in [5, 5.41) is 0. The van der Waals surface area contributed by atoms with E-state index in [1.165, 1.54) is 5.56 Å². The Morgan fingerprint density at radius 2 is 1.86 bits per heavy atom. The van der Waals surface area contributed by atoms with Crippen molar-refractivity contribution < 1.29 is 4.74 Å².